The zero-order valence-corrected chi connectivity index (χ0v) is 9.94. The molecule has 2 heterocycles. The quantitative estimate of drug-likeness (QED) is 0.850. The molecule has 1 aliphatic rings. The predicted octanol–water partition coefficient (Wildman–Crippen LogP) is 0.594. The highest BCUT2D eigenvalue weighted by Crippen LogP contribution is 2.29. The minimum atomic E-state index is -2.94. The summed E-state index contributed by atoms with van der Waals surface area (Å²) >= 11 is 0. The molecule has 7 heteroatoms. The number of aliphatic carboxylic acids is 1. The molecule has 1 fully saturated rings. The molecular weight excluding hydrogens is 246 g/mol. The Labute approximate surface area is 98.6 Å². The topological polar surface area (TPSA) is 97.5 Å². The number of sulfone groups is 1. The van der Waals surface area contributed by atoms with Gasteiger partial charge in [0, 0.05) is 12.3 Å². The van der Waals surface area contributed by atoms with Gasteiger partial charge in [0.2, 0.25) is 0 Å². The van der Waals surface area contributed by atoms with E-state index in [-0.39, 0.29) is 30.3 Å². The molecule has 6 nitrogen and oxygen atoms in total. The van der Waals surface area contributed by atoms with E-state index in [1.807, 2.05) is 0 Å². The average Bonchev–Trinajstić information content (AvgIpc) is 2.81. The van der Waals surface area contributed by atoms with Gasteiger partial charge in [0.25, 0.3) is 0 Å². The van der Waals surface area contributed by atoms with E-state index in [4.69, 9.17) is 9.52 Å². The van der Waals surface area contributed by atoms with Gasteiger partial charge in [-0.2, -0.15) is 0 Å². The molecule has 0 spiro atoms. The maximum absolute atomic E-state index is 11.3. The van der Waals surface area contributed by atoms with Crippen LogP contribution in [0.25, 0.3) is 0 Å². The molecule has 0 radical (unpaired) electrons. The molecule has 1 aromatic heterocycles. The highest BCUT2D eigenvalue weighted by Gasteiger charge is 2.31. The number of aromatic nitrogens is 1. The van der Waals surface area contributed by atoms with Crippen LogP contribution in [0.3, 0.4) is 0 Å². The van der Waals surface area contributed by atoms with Crippen LogP contribution in [0.1, 0.15) is 30.4 Å². The van der Waals surface area contributed by atoms with Crippen molar-refractivity contribution in [1.29, 1.82) is 0 Å². The first kappa shape index (κ1) is 12.1. The summed E-state index contributed by atoms with van der Waals surface area (Å²) in [6.45, 7) is 0. The van der Waals surface area contributed by atoms with Gasteiger partial charge >= 0.3 is 5.97 Å². The first-order valence-corrected chi connectivity index (χ1v) is 7.15. The molecule has 1 atom stereocenters. The molecule has 1 N–H and O–H groups in total. The highest BCUT2D eigenvalue weighted by molar-refractivity contribution is 7.91. The molecule has 1 aromatic rings. The molecule has 2 rings (SSSR count). The number of hydrogen-bond acceptors (Lipinski definition) is 5. The SMILES string of the molecule is O=C(O)CCc1ncc(C2CCS(=O)(=O)C2)o1. The van der Waals surface area contributed by atoms with E-state index in [0.29, 0.717) is 18.1 Å². The minimum absolute atomic E-state index is 0.0388. The van der Waals surface area contributed by atoms with Crippen molar-refractivity contribution >= 4 is 15.8 Å². The minimum Gasteiger partial charge on any atom is -0.481 e. The van der Waals surface area contributed by atoms with Gasteiger partial charge in [-0.25, -0.2) is 13.4 Å². The van der Waals surface area contributed by atoms with Crippen molar-refractivity contribution in [3.63, 3.8) is 0 Å². The highest BCUT2D eigenvalue weighted by atomic mass is 32.2. The fourth-order valence-corrected chi connectivity index (χ4v) is 3.62. The van der Waals surface area contributed by atoms with Crippen LogP contribution in [0.15, 0.2) is 10.6 Å². The van der Waals surface area contributed by atoms with Crippen molar-refractivity contribution in [1.82, 2.24) is 4.98 Å². The van der Waals surface area contributed by atoms with Gasteiger partial charge in [-0.05, 0) is 6.42 Å². The lowest BCUT2D eigenvalue weighted by Crippen LogP contribution is -2.03. The van der Waals surface area contributed by atoms with Crippen molar-refractivity contribution in [3.8, 4) is 0 Å². The zero-order valence-electron chi connectivity index (χ0n) is 9.13. The predicted molar refractivity (Wildman–Crippen MR) is 58.5 cm³/mol. The van der Waals surface area contributed by atoms with Gasteiger partial charge in [0.1, 0.15) is 5.76 Å². The van der Waals surface area contributed by atoms with E-state index < -0.39 is 15.8 Å². The van der Waals surface area contributed by atoms with Gasteiger partial charge < -0.3 is 9.52 Å². The first-order chi connectivity index (χ1) is 7.96. The Morgan fingerprint density at radius 3 is 2.94 bits per heavy atom. The summed E-state index contributed by atoms with van der Waals surface area (Å²) in [5.41, 5.74) is 0. The van der Waals surface area contributed by atoms with Crippen LogP contribution in [-0.2, 0) is 21.1 Å². The second-order valence-electron chi connectivity index (χ2n) is 4.15. The van der Waals surface area contributed by atoms with E-state index in [2.05, 4.69) is 4.98 Å². The van der Waals surface area contributed by atoms with Gasteiger partial charge in [-0.3, -0.25) is 4.79 Å². The normalized spacial score (nSPS) is 22.7. The lowest BCUT2D eigenvalue weighted by Gasteiger charge is -2.01. The first-order valence-electron chi connectivity index (χ1n) is 5.33. The maximum atomic E-state index is 11.3. The van der Waals surface area contributed by atoms with Crippen LogP contribution >= 0.6 is 0 Å². The zero-order chi connectivity index (χ0) is 12.5. The smallest absolute Gasteiger partial charge is 0.303 e. The third-order valence-electron chi connectivity index (χ3n) is 2.76. The van der Waals surface area contributed by atoms with E-state index in [0.717, 1.165) is 0 Å². The van der Waals surface area contributed by atoms with Gasteiger partial charge in [-0.1, -0.05) is 0 Å². The van der Waals surface area contributed by atoms with Crippen LogP contribution in [0.5, 0.6) is 0 Å². The summed E-state index contributed by atoms with van der Waals surface area (Å²) in [7, 11) is -2.94. The van der Waals surface area contributed by atoms with E-state index >= 15 is 0 Å². The van der Waals surface area contributed by atoms with Crippen LogP contribution in [-0.4, -0.2) is 36.0 Å². The molecule has 0 amide bonds. The molecular formula is C10H13NO5S. The summed E-state index contributed by atoms with van der Waals surface area (Å²) in [5.74, 6) is 0.140. The Morgan fingerprint density at radius 1 is 1.59 bits per heavy atom. The van der Waals surface area contributed by atoms with Crippen molar-refractivity contribution < 1.29 is 22.7 Å². The van der Waals surface area contributed by atoms with Crippen molar-refractivity contribution in [2.24, 2.45) is 0 Å². The fraction of sp³-hybridized carbons (Fsp3) is 0.600. The van der Waals surface area contributed by atoms with E-state index in [9.17, 15) is 13.2 Å². The molecule has 1 aliphatic heterocycles. The van der Waals surface area contributed by atoms with Crippen molar-refractivity contribution in [2.45, 2.75) is 25.2 Å². The number of carboxylic acid groups (broad SMARTS) is 1. The molecule has 0 saturated carbocycles. The lowest BCUT2D eigenvalue weighted by atomic mass is 10.1. The number of carboxylic acids is 1. The molecule has 0 aliphatic carbocycles. The molecule has 1 unspecified atom stereocenters. The van der Waals surface area contributed by atoms with Crippen LogP contribution < -0.4 is 0 Å². The summed E-state index contributed by atoms with van der Waals surface area (Å²) in [6.07, 6.45) is 2.25. The number of nitrogens with zero attached hydrogens (tertiary/aromatic N) is 1. The van der Waals surface area contributed by atoms with Gasteiger partial charge in [-0.15, -0.1) is 0 Å². The Hall–Kier alpha value is -1.37. The molecule has 0 bridgehead atoms. The summed E-state index contributed by atoms with van der Waals surface area (Å²) in [4.78, 5) is 14.3. The lowest BCUT2D eigenvalue weighted by molar-refractivity contribution is -0.137. The standard InChI is InChI=1S/C10H13NO5S/c12-10(13)2-1-9-11-5-8(16-9)7-3-4-17(14,15)6-7/h5,7H,1-4,6H2,(H,12,13). The van der Waals surface area contributed by atoms with Gasteiger partial charge in [0.15, 0.2) is 15.7 Å². The summed E-state index contributed by atoms with van der Waals surface area (Å²) < 4.78 is 28.0. The number of rotatable bonds is 4. The van der Waals surface area contributed by atoms with E-state index in [1.165, 1.54) is 6.20 Å². The summed E-state index contributed by atoms with van der Waals surface area (Å²) in [6, 6.07) is 0. The largest absolute Gasteiger partial charge is 0.481 e. The third kappa shape index (κ3) is 3.06. The second kappa shape index (κ2) is 4.48. The number of oxazole rings is 1. The van der Waals surface area contributed by atoms with E-state index in [1.54, 1.807) is 0 Å². The Bertz CT molecular complexity index is 519. The van der Waals surface area contributed by atoms with Crippen LogP contribution in [0.2, 0.25) is 0 Å². The second-order valence-corrected chi connectivity index (χ2v) is 6.38. The van der Waals surface area contributed by atoms with Crippen molar-refractivity contribution in [2.75, 3.05) is 11.5 Å². The number of aryl methyl sites for hydroxylation is 1. The number of carbonyl (C=O) groups is 1. The maximum Gasteiger partial charge on any atom is 0.303 e. The Morgan fingerprint density at radius 2 is 2.35 bits per heavy atom. The van der Waals surface area contributed by atoms with Crippen LogP contribution in [0, 0.1) is 0 Å². The summed E-state index contributed by atoms with van der Waals surface area (Å²) in [5, 5.41) is 8.51. The van der Waals surface area contributed by atoms with Gasteiger partial charge in [0.05, 0.1) is 24.1 Å². The molecule has 0 aromatic carbocycles. The Kier molecular flexibility index (Phi) is 3.19. The Balaban J connectivity index is 2.01. The molecule has 17 heavy (non-hydrogen) atoms. The molecule has 94 valence electrons. The third-order valence-corrected chi connectivity index (χ3v) is 4.53. The number of hydrogen-bond donors (Lipinski definition) is 1. The average molecular weight is 259 g/mol. The monoisotopic (exact) mass is 259 g/mol. The van der Waals surface area contributed by atoms with Crippen molar-refractivity contribution in [3.05, 3.63) is 17.8 Å². The molecule has 1 saturated heterocycles. The van der Waals surface area contributed by atoms with Crippen LogP contribution in [0.4, 0.5) is 0 Å². The fourth-order valence-electron chi connectivity index (χ4n) is 1.86.